The van der Waals surface area contributed by atoms with Crippen LogP contribution in [0.4, 0.5) is 5.82 Å². The lowest BCUT2D eigenvalue weighted by molar-refractivity contribution is 0.419. The lowest BCUT2D eigenvalue weighted by Crippen LogP contribution is -2.36. The molecule has 1 aromatic carbocycles. The third-order valence-corrected chi connectivity index (χ3v) is 4.92. The predicted molar refractivity (Wildman–Crippen MR) is 87.0 cm³/mol. The summed E-state index contributed by atoms with van der Waals surface area (Å²) in [7, 11) is 1.72. The molecule has 1 unspecified atom stereocenters. The van der Waals surface area contributed by atoms with Crippen LogP contribution in [0.25, 0.3) is 10.8 Å². The maximum Gasteiger partial charge on any atom is 0.136 e. The molecule has 1 saturated heterocycles. The van der Waals surface area contributed by atoms with Crippen LogP contribution < -0.4 is 9.64 Å². The molecule has 0 amide bonds. The van der Waals surface area contributed by atoms with Crippen LogP contribution in [0, 0.1) is 5.92 Å². The number of methoxy groups -OCH3 is 1. The fourth-order valence-corrected chi connectivity index (χ4v) is 3.50. The lowest BCUT2D eigenvalue weighted by Gasteiger charge is -2.33. The Morgan fingerprint density at radius 2 is 2.25 bits per heavy atom. The molecule has 1 atom stereocenters. The highest BCUT2D eigenvalue weighted by atomic mass is 79.9. The van der Waals surface area contributed by atoms with Crippen molar-refractivity contribution < 1.29 is 4.74 Å². The zero-order valence-electron chi connectivity index (χ0n) is 11.7. The molecule has 0 radical (unpaired) electrons. The fraction of sp³-hybridized carbons (Fsp3) is 0.438. The van der Waals surface area contributed by atoms with Gasteiger partial charge >= 0.3 is 0 Å². The third kappa shape index (κ3) is 2.49. The van der Waals surface area contributed by atoms with E-state index in [1.165, 1.54) is 18.2 Å². The molecule has 0 N–H and O–H groups in total. The van der Waals surface area contributed by atoms with Crippen LogP contribution in [0.2, 0.25) is 0 Å². The van der Waals surface area contributed by atoms with Gasteiger partial charge in [-0.25, -0.2) is 4.98 Å². The molecule has 2 heterocycles. The average molecular weight is 335 g/mol. The van der Waals surface area contributed by atoms with Crippen molar-refractivity contribution in [1.29, 1.82) is 0 Å². The van der Waals surface area contributed by atoms with Crippen molar-refractivity contribution in [3.63, 3.8) is 0 Å². The Balaban J connectivity index is 2.03. The maximum absolute atomic E-state index is 5.46. The van der Waals surface area contributed by atoms with Gasteiger partial charge in [0.1, 0.15) is 11.6 Å². The molecule has 4 heteroatoms. The molecule has 3 nitrogen and oxygen atoms in total. The summed E-state index contributed by atoms with van der Waals surface area (Å²) in [5.74, 6) is 2.72. The first-order valence-electron chi connectivity index (χ1n) is 7.06. The van der Waals surface area contributed by atoms with Gasteiger partial charge in [0, 0.05) is 35.4 Å². The largest absolute Gasteiger partial charge is 0.496 e. The predicted octanol–water partition coefficient (Wildman–Crippen LogP) is 3.85. The average Bonchev–Trinajstić information content (AvgIpc) is 2.53. The molecule has 1 aliphatic rings. The quantitative estimate of drug-likeness (QED) is 0.797. The van der Waals surface area contributed by atoms with Gasteiger partial charge in [-0.05, 0) is 30.9 Å². The second kappa shape index (κ2) is 6.00. The third-order valence-electron chi connectivity index (χ3n) is 4.00. The van der Waals surface area contributed by atoms with E-state index < -0.39 is 0 Å². The van der Waals surface area contributed by atoms with Gasteiger partial charge in [0.05, 0.1) is 7.11 Å². The number of alkyl halides is 1. The van der Waals surface area contributed by atoms with Crippen molar-refractivity contribution in [3.05, 3.63) is 30.5 Å². The molecule has 0 spiro atoms. The Morgan fingerprint density at radius 3 is 3.05 bits per heavy atom. The SMILES string of the molecule is COc1cccc2c(N3CCCC(CBr)C3)nccc12. The van der Waals surface area contributed by atoms with E-state index in [4.69, 9.17) is 4.74 Å². The number of fused-ring (bicyclic) bond motifs is 1. The highest BCUT2D eigenvalue weighted by Crippen LogP contribution is 2.33. The Labute approximate surface area is 128 Å². The van der Waals surface area contributed by atoms with E-state index in [0.29, 0.717) is 5.92 Å². The molecule has 20 heavy (non-hydrogen) atoms. The number of halogens is 1. The van der Waals surface area contributed by atoms with Crippen molar-refractivity contribution >= 4 is 32.5 Å². The summed E-state index contributed by atoms with van der Waals surface area (Å²) < 4.78 is 5.46. The van der Waals surface area contributed by atoms with E-state index in [0.717, 1.165) is 35.4 Å². The molecule has 2 aromatic rings. The van der Waals surface area contributed by atoms with Crippen LogP contribution in [0.3, 0.4) is 0 Å². The van der Waals surface area contributed by atoms with Crippen molar-refractivity contribution in [2.45, 2.75) is 12.8 Å². The van der Waals surface area contributed by atoms with Gasteiger partial charge in [-0.3, -0.25) is 0 Å². The zero-order chi connectivity index (χ0) is 13.9. The molecule has 0 aliphatic carbocycles. The summed E-state index contributed by atoms with van der Waals surface area (Å²) in [6.07, 6.45) is 4.42. The minimum atomic E-state index is 0.714. The summed E-state index contributed by atoms with van der Waals surface area (Å²) in [6.45, 7) is 2.17. The second-order valence-corrected chi connectivity index (χ2v) is 5.95. The molecule has 1 fully saturated rings. The van der Waals surface area contributed by atoms with Crippen LogP contribution in [-0.2, 0) is 0 Å². The lowest BCUT2D eigenvalue weighted by atomic mass is 9.99. The van der Waals surface area contributed by atoms with Gasteiger partial charge < -0.3 is 9.64 Å². The first kappa shape index (κ1) is 13.7. The summed E-state index contributed by atoms with van der Waals surface area (Å²) in [4.78, 5) is 7.04. The second-order valence-electron chi connectivity index (χ2n) is 5.30. The summed E-state index contributed by atoms with van der Waals surface area (Å²) in [6, 6.07) is 8.21. The Bertz CT molecular complexity index is 602. The normalized spacial score (nSPS) is 19.3. The van der Waals surface area contributed by atoms with Crippen LogP contribution in [0.15, 0.2) is 30.5 Å². The molecular weight excluding hydrogens is 316 g/mol. The number of rotatable bonds is 3. The van der Waals surface area contributed by atoms with Gasteiger partial charge in [0.2, 0.25) is 0 Å². The van der Waals surface area contributed by atoms with Crippen molar-refractivity contribution in [3.8, 4) is 5.75 Å². The molecule has 3 rings (SSSR count). The van der Waals surface area contributed by atoms with Crippen LogP contribution in [0.1, 0.15) is 12.8 Å². The number of hydrogen-bond acceptors (Lipinski definition) is 3. The topological polar surface area (TPSA) is 25.4 Å². The van der Waals surface area contributed by atoms with Gasteiger partial charge in [-0.2, -0.15) is 0 Å². The Kier molecular flexibility index (Phi) is 4.10. The molecule has 0 saturated carbocycles. The number of anilines is 1. The van der Waals surface area contributed by atoms with E-state index in [9.17, 15) is 0 Å². The highest BCUT2D eigenvalue weighted by molar-refractivity contribution is 9.09. The summed E-state index contributed by atoms with van der Waals surface area (Å²) >= 11 is 3.62. The van der Waals surface area contributed by atoms with E-state index in [1.54, 1.807) is 7.11 Å². The van der Waals surface area contributed by atoms with Crippen LogP contribution in [-0.4, -0.2) is 30.5 Å². The van der Waals surface area contributed by atoms with Crippen molar-refractivity contribution in [1.82, 2.24) is 4.98 Å². The molecule has 106 valence electrons. The van der Waals surface area contributed by atoms with Crippen LogP contribution in [0.5, 0.6) is 5.75 Å². The molecular formula is C16H19BrN2O. The van der Waals surface area contributed by atoms with E-state index in [-0.39, 0.29) is 0 Å². The number of hydrogen-bond donors (Lipinski definition) is 0. The number of pyridine rings is 1. The van der Waals surface area contributed by atoms with Gasteiger partial charge in [-0.1, -0.05) is 28.1 Å². The molecule has 1 aliphatic heterocycles. The van der Waals surface area contributed by atoms with Crippen LogP contribution >= 0.6 is 15.9 Å². The Hall–Kier alpha value is -1.29. The first-order valence-corrected chi connectivity index (χ1v) is 8.18. The zero-order valence-corrected chi connectivity index (χ0v) is 13.3. The number of piperidine rings is 1. The van der Waals surface area contributed by atoms with Gasteiger partial charge in [0.15, 0.2) is 0 Å². The standard InChI is InChI=1S/C16H19BrN2O/c1-20-15-6-2-5-14-13(15)7-8-18-16(14)19-9-3-4-12(10-17)11-19/h2,5-8,12H,3-4,9-11H2,1H3. The highest BCUT2D eigenvalue weighted by Gasteiger charge is 2.21. The number of benzene rings is 1. The monoisotopic (exact) mass is 334 g/mol. The number of nitrogens with zero attached hydrogens (tertiary/aromatic N) is 2. The van der Waals surface area contributed by atoms with Gasteiger partial charge in [-0.15, -0.1) is 0 Å². The van der Waals surface area contributed by atoms with Gasteiger partial charge in [0.25, 0.3) is 0 Å². The molecule has 1 aromatic heterocycles. The van der Waals surface area contributed by atoms with Crippen molar-refractivity contribution in [2.24, 2.45) is 5.92 Å². The smallest absolute Gasteiger partial charge is 0.136 e. The maximum atomic E-state index is 5.46. The van der Waals surface area contributed by atoms with E-state index in [2.05, 4.69) is 31.9 Å². The fourth-order valence-electron chi connectivity index (χ4n) is 2.98. The number of ether oxygens (including phenoxy) is 1. The minimum absolute atomic E-state index is 0.714. The minimum Gasteiger partial charge on any atom is -0.496 e. The van der Waals surface area contributed by atoms with E-state index >= 15 is 0 Å². The number of aromatic nitrogens is 1. The molecule has 0 bridgehead atoms. The van der Waals surface area contributed by atoms with Crippen molar-refractivity contribution in [2.75, 3.05) is 30.4 Å². The van der Waals surface area contributed by atoms with E-state index in [1.807, 2.05) is 24.4 Å². The Morgan fingerprint density at radius 1 is 1.35 bits per heavy atom. The first-order chi connectivity index (χ1) is 9.83. The summed E-state index contributed by atoms with van der Waals surface area (Å²) in [5, 5.41) is 3.39. The summed E-state index contributed by atoms with van der Waals surface area (Å²) in [5.41, 5.74) is 0.